The third-order valence-corrected chi connectivity index (χ3v) is 2.38. The normalized spacial score (nSPS) is 10.9. The minimum atomic E-state index is -0.684. The maximum atomic E-state index is 11.7. The lowest BCUT2D eigenvalue weighted by atomic mass is 10.2. The van der Waals surface area contributed by atoms with Gasteiger partial charge in [0.2, 0.25) is 0 Å². The van der Waals surface area contributed by atoms with Crippen molar-refractivity contribution in [1.82, 2.24) is 0 Å². The first-order valence-electron chi connectivity index (χ1n) is 6.08. The first-order valence-corrected chi connectivity index (χ1v) is 6.08. The van der Waals surface area contributed by atoms with Gasteiger partial charge in [0.05, 0.1) is 0 Å². The molecule has 0 aliphatic heterocycles. The second-order valence-corrected chi connectivity index (χ2v) is 4.05. The maximum absolute atomic E-state index is 11.7. The Morgan fingerprint density at radius 1 is 1.40 bits per heavy atom. The second kappa shape index (κ2) is 8.40. The maximum Gasteiger partial charge on any atom is 0.421 e. The van der Waals surface area contributed by atoms with Gasteiger partial charge in [-0.2, -0.15) is 4.79 Å². The Kier molecular flexibility index (Phi) is 6.45. The van der Waals surface area contributed by atoms with E-state index in [9.17, 15) is 4.79 Å². The number of carbonyl (C=O) groups excluding carboxylic acids is 1. The van der Waals surface area contributed by atoms with Crippen LogP contribution in [0.4, 0.5) is 0 Å². The Balaban J connectivity index is 2.65. The van der Waals surface area contributed by atoms with Crippen LogP contribution in [-0.4, -0.2) is 23.1 Å². The average Bonchev–Trinajstić information content (AvgIpc) is 2.47. The molecular weight excluding hydrogens is 252 g/mol. The Hall–Kier alpha value is -2.71. The lowest BCUT2D eigenvalue weighted by molar-refractivity contribution is -0.139. The van der Waals surface area contributed by atoms with Crippen molar-refractivity contribution < 1.29 is 14.3 Å². The van der Waals surface area contributed by atoms with Gasteiger partial charge < -0.3 is 10.3 Å². The molecule has 1 aromatic rings. The molecule has 0 atom stereocenters. The summed E-state index contributed by atoms with van der Waals surface area (Å²) in [5, 5.41) is 0. The van der Waals surface area contributed by atoms with Crippen molar-refractivity contribution in [3.63, 3.8) is 0 Å². The predicted octanol–water partition coefficient (Wildman–Crippen LogP) is 3.05. The Morgan fingerprint density at radius 2 is 2.10 bits per heavy atom. The van der Waals surface area contributed by atoms with E-state index in [-0.39, 0.29) is 12.3 Å². The van der Waals surface area contributed by atoms with E-state index in [1.165, 1.54) is 6.08 Å². The van der Waals surface area contributed by atoms with E-state index in [2.05, 4.69) is 11.4 Å². The van der Waals surface area contributed by atoms with Gasteiger partial charge in [-0.15, -0.1) is 0 Å². The SMILES string of the molecule is C=C/C=C(\C)COC(=O)C(/C=C/c1ccccc1)=[N+]=[N-]. The molecule has 1 aromatic carbocycles. The van der Waals surface area contributed by atoms with E-state index in [4.69, 9.17) is 10.3 Å². The predicted molar refractivity (Wildman–Crippen MR) is 79.0 cm³/mol. The summed E-state index contributed by atoms with van der Waals surface area (Å²) in [5.74, 6) is -0.684. The third-order valence-electron chi connectivity index (χ3n) is 2.38. The van der Waals surface area contributed by atoms with E-state index in [1.807, 2.05) is 37.3 Å². The van der Waals surface area contributed by atoms with Gasteiger partial charge in [-0.05, 0) is 24.1 Å². The highest BCUT2D eigenvalue weighted by Gasteiger charge is 2.18. The number of hydrogen-bond donors (Lipinski definition) is 0. The number of ether oxygens (including phenoxy) is 1. The summed E-state index contributed by atoms with van der Waals surface area (Å²) < 4.78 is 5.00. The van der Waals surface area contributed by atoms with E-state index >= 15 is 0 Å². The van der Waals surface area contributed by atoms with Gasteiger partial charge in [-0.1, -0.05) is 49.1 Å². The Morgan fingerprint density at radius 3 is 2.70 bits per heavy atom. The number of allylic oxidation sites excluding steroid dienone is 2. The highest BCUT2D eigenvalue weighted by molar-refractivity contribution is 6.39. The Labute approximate surface area is 118 Å². The first kappa shape index (κ1) is 15.3. The second-order valence-electron chi connectivity index (χ2n) is 4.05. The van der Waals surface area contributed by atoms with Gasteiger partial charge in [0.25, 0.3) is 0 Å². The van der Waals surface area contributed by atoms with Crippen LogP contribution >= 0.6 is 0 Å². The van der Waals surface area contributed by atoms with Crippen LogP contribution in [0.3, 0.4) is 0 Å². The number of nitrogens with zero attached hydrogens (tertiary/aromatic N) is 2. The standard InChI is InChI=1S/C16H16N2O2/c1-3-7-13(2)12-20-16(19)15(18-17)11-10-14-8-5-4-6-9-14/h3-11H,1,12H2,2H3/b11-10+,13-7+. The Bertz CT molecular complexity index is 580. The molecule has 0 fully saturated rings. The number of benzene rings is 1. The molecule has 0 bridgehead atoms. The molecule has 0 aliphatic carbocycles. The number of hydrogen-bond acceptors (Lipinski definition) is 2. The van der Waals surface area contributed by atoms with Gasteiger partial charge >= 0.3 is 11.7 Å². The lowest BCUT2D eigenvalue weighted by Gasteiger charge is -2.00. The largest absolute Gasteiger partial charge is 0.452 e. The first-order chi connectivity index (χ1) is 9.67. The van der Waals surface area contributed by atoms with Gasteiger partial charge in [-0.3, -0.25) is 0 Å². The molecule has 0 aliphatic rings. The van der Waals surface area contributed by atoms with Crippen LogP contribution in [0.25, 0.3) is 11.6 Å². The van der Waals surface area contributed by atoms with Crippen molar-refractivity contribution in [3.8, 4) is 0 Å². The summed E-state index contributed by atoms with van der Waals surface area (Å²) in [7, 11) is 0. The van der Waals surface area contributed by atoms with Crippen molar-refractivity contribution in [2.24, 2.45) is 0 Å². The summed E-state index contributed by atoms with van der Waals surface area (Å²) in [5.41, 5.74) is 10.4. The molecule has 20 heavy (non-hydrogen) atoms. The summed E-state index contributed by atoms with van der Waals surface area (Å²) in [6.07, 6.45) is 6.43. The molecule has 0 amide bonds. The average molecular weight is 268 g/mol. The molecule has 0 N–H and O–H groups in total. The molecule has 4 heteroatoms. The summed E-state index contributed by atoms with van der Waals surface area (Å²) in [4.78, 5) is 14.6. The van der Waals surface area contributed by atoms with Crippen molar-refractivity contribution in [3.05, 3.63) is 71.8 Å². The highest BCUT2D eigenvalue weighted by atomic mass is 16.5. The molecule has 0 spiro atoms. The smallest absolute Gasteiger partial charge is 0.421 e. The molecule has 0 radical (unpaired) electrons. The number of carbonyl (C=O) groups is 1. The fourth-order valence-electron chi connectivity index (χ4n) is 1.38. The van der Waals surface area contributed by atoms with Gasteiger partial charge in [-0.25, -0.2) is 4.79 Å². The molecule has 0 aromatic heterocycles. The van der Waals surface area contributed by atoms with Crippen molar-refractivity contribution in [1.29, 1.82) is 0 Å². The molecule has 1 rings (SSSR count). The number of rotatable bonds is 6. The van der Waals surface area contributed by atoms with E-state index in [0.717, 1.165) is 11.1 Å². The number of esters is 1. The lowest BCUT2D eigenvalue weighted by Crippen LogP contribution is -2.17. The summed E-state index contributed by atoms with van der Waals surface area (Å²) in [6.45, 7) is 5.49. The molecule has 0 saturated heterocycles. The molecule has 0 saturated carbocycles. The zero-order valence-electron chi connectivity index (χ0n) is 11.3. The van der Waals surface area contributed by atoms with Crippen molar-refractivity contribution in [2.45, 2.75) is 6.92 Å². The van der Waals surface area contributed by atoms with Crippen LogP contribution in [0.1, 0.15) is 12.5 Å². The molecule has 0 heterocycles. The van der Waals surface area contributed by atoms with Crippen molar-refractivity contribution >= 4 is 17.8 Å². The topological polar surface area (TPSA) is 62.7 Å². The van der Waals surface area contributed by atoms with Crippen LogP contribution in [0, 0.1) is 0 Å². The van der Waals surface area contributed by atoms with E-state index in [1.54, 1.807) is 18.2 Å². The summed E-state index contributed by atoms with van der Waals surface area (Å²) in [6, 6.07) is 9.37. The van der Waals surface area contributed by atoms with Crippen LogP contribution in [0.15, 0.2) is 60.7 Å². The summed E-state index contributed by atoms with van der Waals surface area (Å²) >= 11 is 0. The van der Waals surface area contributed by atoms with Gasteiger partial charge in [0.15, 0.2) is 0 Å². The monoisotopic (exact) mass is 268 g/mol. The third kappa shape index (κ3) is 5.29. The van der Waals surface area contributed by atoms with Crippen LogP contribution in [0.5, 0.6) is 0 Å². The molecule has 4 nitrogen and oxygen atoms in total. The van der Waals surface area contributed by atoms with E-state index < -0.39 is 5.97 Å². The van der Waals surface area contributed by atoms with Crippen LogP contribution in [0.2, 0.25) is 0 Å². The highest BCUT2D eigenvalue weighted by Crippen LogP contribution is 2.02. The minimum Gasteiger partial charge on any atom is -0.452 e. The molecule has 0 unspecified atom stereocenters. The zero-order chi connectivity index (χ0) is 14.8. The van der Waals surface area contributed by atoms with Crippen LogP contribution < -0.4 is 0 Å². The minimum absolute atomic E-state index is 0.128. The van der Waals surface area contributed by atoms with E-state index in [0.29, 0.717) is 0 Å². The van der Waals surface area contributed by atoms with Crippen molar-refractivity contribution in [2.75, 3.05) is 6.61 Å². The fourth-order valence-corrected chi connectivity index (χ4v) is 1.38. The molecule has 102 valence electrons. The fraction of sp³-hybridized carbons (Fsp3) is 0.125. The zero-order valence-corrected chi connectivity index (χ0v) is 11.3. The van der Waals surface area contributed by atoms with Gasteiger partial charge in [0.1, 0.15) is 6.61 Å². The van der Waals surface area contributed by atoms with Crippen LogP contribution in [-0.2, 0) is 9.53 Å². The van der Waals surface area contributed by atoms with Gasteiger partial charge in [0, 0.05) is 6.08 Å². The molecular formula is C16H16N2O2. The quantitative estimate of drug-likeness (QED) is 0.262.